The van der Waals surface area contributed by atoms with Crippen molar-refractivity contribution < 1.29 is 38.4 Å². The van der Waals surface area contributed by atoms with Gasteiger partial charge >= 0.3 is 18.0 Å². The summed E-state index contributed by atoms with van der Waals surface area (Å²) in [6, 6.07) is 9.08. The zero-order chi connectivity index (χ0) is 41.1. The molecule has 8 rings (SSSR count). The van der Waals surface area contributed by atoms with Crippen molar-refractivity contribution in [3.63, 3.8) is 0 Å². The van der Waals surface area contributed by atoms with E-state index in [-0.39, 0.29) is 28.6 Å². The number of rotatable bonds is 10. The Morgan fingerprint density at radius 2 is 1.61 bits per heavy atom. The van der Waals surface area contributed by atoms with Crippen LogP contribution in [0.3, 0.4) is 0 Å². The molecule has 2 atom stereocenters. The summed E-state index contributed by atoms with van der Waals surface area (Å²) in [4.78, 5) is 47.8. The van der Waals surface area contributed by atoms with Gasteiger partial charge in [0.2, 0.25) is 0 Å². The molecule has 2 aromatic heterocycles. The Hall–Kier alpha value is -4.58. The van der Waals surface area contributed by atoms with Crippen LogP contribution in [0.1, 0.15) is 118 Å². The van der Waals surface area contributed by atoms with Gasteiger partial charge in [0.15, 0.2) is 5.69 Å². The molecule has 0 spiro atoms. The Morgan fingerprint density at radius 1 is 0.912 bits per heavy atom. The van der Waals surface area contributed by atoms with Gasteiger partial charge < -0.3 is 38.4 Å². The Labute approximate surface area is 336 Å². The van der Waals surface area contributed by atoms with Crippen molar-refractivity contribution in [2.24, 2.45) is 17.3 Å². The summed E-state index contributed by atoms with van der Waals surface area (Å²) in [6.07, 6.45) is 9.04. The molecule has 1 amide bonds. The Bertz CT molecular complexity index is 2030. The van der Waals surface area contributed by atoms with E-state index in [2.05, 4.69) is 23.8 Å². The van der Waals surface area contributed by atoms with E-state index in [9.17, 15) is 19.5 Å². The first-order chi connectivity index (χ1) is 26.8. The van der Waals surface area contributed by atoms with Crippen LogP contribution in [0.15, 0.2) is 36.5 Å². The topological polar surface area (TPSA) is 133 Å². The second-order valence-electron chi connectivity index (χ2n) is 19.2. The Morgan fingerprint density at radius 3 is 2.28 bits per heavy atom. The van der Waals surface area contributed by atoms with E-state index < -0.39 is 23.1 Å². The molecule has 57 heavy (non-hydrogen) atoms. The molecule has 5 aliphatic rings. The maximum Gasteiger partial charge on any atom is 0.410 e. The number of anilines is 1. The highest BCUT2D eigenvalue weighted by molar-refractivity contribution is 5.96. The molecule has 1 N–H and O–H groups in total. The average molecular weight is 785 g/mol. The third kappa shape index (κ3) is 8.52. The minimum Gasteiger partial charge on any atom is -0.508 e. The van der Waals surface area contributed by atoms with E-state index in [4.69, 9.17) is 23.9 Å². The highest BCUT2D eigenvalue weighted by Gasteiger charge is 2.58. The lowest BCUT2D eigenvalue weighted by Gasteiger charge is -2.62. The van der Waals surface area contributed by atoms with Crippen molar-refractivity contribution in [1.82, 2.24) is 14.5 Å². The van der Waals surface area contributed by atoms with Crippen LogP contribution in [0.4, 0.5) is 10.6 Å². The molecule has 3 heterocycles. The highest BCUT2D eigenvalue weighted by Crippen LogP contribution is 2.63. The fraction of sp³-hybridized carbons (Fsp3) is 0.600. The maximum atomic E-state index is 13.9. The first-order valence-electron chi connectivity index (χ1n) is 20.4. The van der Waals surface area contributed by atoms with E-state index >= 15 is 0 Å². The van der Waals surface area contributed by atoms with Gasteiger partial charge in [-0.2, -0.15) is 0 Å². The smallest absolute Gasteiger partial charge is 0.410 e. The number of hydrogen-bond donors (Lipinski definition) is 1. The number of phenols is 1. The van der Waals surface area contributed by atoms with Crippen LogP contribution in [-0.4, -0.2) is 88.2 Å². The third-order valence-corrected chi connectivity index (χ3v) is 12.3. The number of carbonyl (C=O) groups is 3. The minimum atomic E-state index is -0.730. The van der Waals surface area contributed by atoms with Crippen LogP contribution in [0, 0.1) is 24.2 Å². The maximum absolute atomic E-state index is 13.9. The lowest BCUT2D eigenvalue weighted by atomic mass is 9.48. The van der Waals surface area contributed by atoms with Gasteiger partial charge in [-0.05, 0) is 147 Å². The van der Waals surface area contributed by atoms with Crippen molar-refractivity contribution in [2.75, 3.05) is 38.8 Å². The fourth-order valence-corrected chi connectivity index (χ4v) is 10.4. The molecule has 12 nitrogen and oxygen atoms in total. The van der Waals surface area contributed by atoms with Gasteiger partial charge in [-0.3, -0.25) is 0 Å². The Balaban J connectivity index is 1.13. The second kappa shape index (κ2) is 15.0. The van der Waals surface area contributed by atoms with E-state index in [0.29, 0.717) is 67.0 Å². The highest BCUT2D eigenvalue weighted by atomic mass is 16.6. The van der Waals surface area contributed by atoms with E-state index in [1.807, 2.05) is 58.6 Å². The molecular formula is C45H60N4O8. The molecular weight excluding hydrogens is 725 g/mol. The number of methoxy groups -OCH3 is 1. The second-order valence-corrected chi connectivity index (χ2v) is 19.2. The predicted molar refractivity (Wildman–Crippen MR) is 216 cm³/mol. The summed E-state index contributed by atoms with van der Waals surface area (Å²) >= 11 is 0. The number of benzene rings is 1. The van der Waals surface area contributed by atoms with E-state index in [0.717, 1.165) is 42.6 Å². The number of carbonyl (C=O) groups excluding carboxylic acids is 3. The van der Waals surface area contributed by atoms with Gasteiger partial charge in [0.05, 0.1) is 24.9 Å². The van der Waals surface area contributed by atoms with Gasteiger partial charge in [-0.1, -0.05) is 0 Å². The zero-order valence-corrected chi connectivity index (χ0v) is 35.2. The number of fused-ring (bicyclic) bond motifs is 1. The molecule has 4 saturated carbocycles. The fourth-order valence-electron chi connectivity index (χ4n) is 10.4. The third-order valence-electron chi connectivity index (χ3n) is 12.3. The molecule has 4 aliphatic carbocycles. The van der Waals surface area contributed by atoms with Crippen LogP contribution < -0.4 is 4.90 Å². The number of aromatic hydroxyl groups is 1. The molecule has 4 bridgehead atoms. The number of esters is 2. The first kappa shape index (κ1) is 40.6. The van der Waals surface area contributed by atoms with Crippen molar-refractivity contribution in [3.05, 3.63) is 64.6 Å². The predicted octanol–water partition coefficient (Wildman–Crippen LogP) is 8.09. The lowest BCUT2D eigenvalue weighted by Crippen LogP contribution is -2.58. The van der Waals surface area contributed by atoms with Crippen LogP contribution in [0.2, 0.25) is 0 Å². The number of likely N-dealkylation sites (N-methyl/N-ethyl adjacent to an activating group) is 1. The molecule has 308 valence electrons. The van der Waals surface area contributed by atoms with Crippen molar-refractivity contribution >= 4 is 23.8 Å². The molecule has 2 unspecified atom stereocenters. The summed E-state index contributed by atoms with van der Waals surface area (Å²) < 4.78 is 25.7. The standard InChI is InChI=1S/C45H60N4O8/c1-28-31(14-17-49(28)27-44-21-29-20-30(22-44)24-45(23-29,26-44)55-19-18-47(8)41(53)57-43(5,6)7)33-11-13-37(46-38(33)40(52)56-42(2,3)4)48-16-15-32-35(25-48)34(39(51)54-9)10-12-36(32)50/h10-14,17,29-30,50H,15-16,18-27H2,1-9H3. The monoisotopic (exact) mass is 784 g/mol. The number of nitrogens with zero attached hydrogens (tertiary/aromatic N) is 4. The number of aromatic nitrogens is 2. The van der Waals surface area contributed by atoms with Crippen LogP contribution in [0.25, 0.3) is 11.1 Å². The summed E-state index contributed by atoms with van der Waals surface area (Å²) in [6.45, 7) is 16.0. The number of phenolic OH excluding ortho intramolecular Hbond substituents is 1. The molecule has 1 aromatic carbocycles. The summed E-state index contributed by atoms with van der Waals surface area (Å²) in [5.74, 6) is 0.997. The minimum absolute atomic E-state index is 0.0976. The van der Waals surface area contributed by atoms with Crippen LogP contribution in [0.5, 0.6) is 5.75 Å². The normalized spacial score (nSPS) is 23.9. The van der Waals surface area contributed by atoms with Gasteiger partial charge in [0, 0.05) is 61.8 Å². The molecule has 3 aromatic rings. The number of pyridine rings is 1. The van der Waals surface area contributed by atoms with E-state index in [1.54, 1.807) is 18.0 Å². The zero-order valence-electron chi connectivity index (χ0n) is 35.2. The quantitative estimate of drug-likeness (QED) is 0.159. The molecule has 4 fully saturated rings. The molecule has 12 heteroatoms. The van der Waals surface area contributed by atoms with Gasteiger partial charge in [-0.15, -0.1) is 0 Å². The molecule has 1 aliphatic heterocycles. The Kier molecular flexibility index (Phi) is 10.7. The van der Waals surface area contributed by atoms with E-state index in [1.165, 1.54) is 32.4 Å². The SMILES string of the molecule is COC(=O)c1ccc(O)c2c1CN(c1ccc(-c3ccn(CC45CC6CC(C4)CC(OCCN(C)C(=O)OC(C)(C)C)(C6)C5)c3C)c(C(=O)OC(C)(C)C)n1)CC2. The van der Waals surface area contributed by atoms with Crippen molar-refractivity contribution in [3.8, 4) is 16.9 Å². The number of ether oxygens (including phenoxy) is 4. The van der Waals surface area contributed by atoms with Gasteiger partial charge in [0.25, 0.3) is 0 Å². The molecule has 0 radical (unpaired) electrons. The van der Waals surface area contributed by atoms with Gasteiger partial charge in [0.1, 0.15) is 22.8 Å². The van der Waals surface area contributed by atoms with Crippen molar-refractivity contribution in [1.29, 1.82) is 0 Å². The number of amides is 1. The summed E-state index contributed by atoms with van der Waals surface area (Å²) in [5.41, 5.74) is 3.38. The van der Waals surface area contributed by atoms with Gasteiger partial charge in [-0.25, -0.2) is 19.4 Å². The lowest BCUT2D eigenvalue weighted by molar-refractivity contribution is -0.197. The molecule has 0 saturated heterocycles. The van der Waals surface area contributed by atoms with Crippen LogP contribution in [-0.2, 0) is 38.5 Å². The van der Waals surface area contributed by atoms with Crippen molar-refractivity contribution in [2.45, 2.75) is 123 Å². The summed E-state index contributed by atoms with van der Waals surface area (Å²) in [7, 11) is 3.11. The summed E-state index contributed by atoms with van der Waals surface area (Å²) in [5, 5.41) is 10.6. The number of hydrogen-bond acceptors (Lipinski definition) is 10. The average Bonchev–Trinajstić information content (AvgIpc) is 3.47. The first-order valence-corrected chi connectivity index (χ1v) is 20.4. The largest absolute Gasteiger partial charge is 0.508 e. The van der Waals surface area contributed by atoms with Crippen LogP contribution >= 0.6 is 0 Å².